The summed E-state index contributed by atoms with van der Waals surface area (Å²) in [7, 11) is 0. The number of hydrogen-bond donors (Lipinski definition) is 0. The van der Waals surface area contributed by atoms with Gasteiger partial charge in [-0.15, -0.1) is 0 Å². The van der Waals surface area contributed by atoms with Crippen LogP contribution in [-0.4, -0.2) is 60.5 Å². The van der Waals surface area contributed by atoms with Crippen molar-refractivity contribution in [1.29, 1.82) is 0 Å². The third kappa shape index (κ3) is 3.72. The van der Waals surface area contributed by atoms with Gasteiger partial charge >= 0.3 is 0 Å². The molecule has 0 spiro atoms. The molecule has 2 aliphatic heterocycles. The van der Waals surface area contributed by atoms with E-state index in [1.165, 1.54) is 0 Å². The molecule has 1 atom stereocenters. The van der Waals surface area contributed by atoms with E-state index in [4.69, 9.17) is 4.74 Å². The third-order valence-corrected chi connectivity index (χ3v) is 4.16. The van der Waals surface area contributed by atoms with Gasteiger partial charge in [-0.1, -0.05) is 13.3 Å². The fourth-order valence-corrected chi connectivity index (χ4v) is 2.93. The van der Waals surface area contributed by atoms with Crippen molar-refractivity contribution >= 4 is 11.8 Å². The van der Waals surface area contributed by atoms with E-state index in [9.17, 15) is 9.59 Å². The fraction of sp³-hybridized carbons (Fsp3) is 0.867. The van der Waals surface area contributed by atoms with E-state index in [0.29, 0.717) is 26.1 Å². The number of nitrogens with zero attached hydrogens (tertiary/aromatic N) is 2. The summed E-state index contributed by atoms with van der Waals surface area (Å²) in [6, 6.07) is -0.214. The molecule has 20 heavy (non-hydrogen) atoms. The predicted molar refractivity (Wildman–Crippen MR) is 76.3 cm³/mol. The largest absolute Gasteiger partial charge is 0.380 e. The molecule has 0 aromatic carbocycles. The summed E-state index contributed by atoms with van der Waals surface area (Å²) < 4.78 is 5.54. The van der Waals surface area contributed by atoms with Crippen molar-refractivity contribution in [3.05, 3.63) is 0 Å². The zero-order valence-corrected chi connectivity index (χ0v) is 12.5. The number of hydrogen-bond acceptors (Lipinski definition) is 3. The van der Waals surface area contributed by atoms with Gasteiger partial charge in [0.15, 0.2) is 0 Å². The molecule has 2 amide bonds. The molecule has 114 valence electrons. The molecule has 0 N–H and O–H groups in total. The summed E-state index contributed by atoms with van der Waals surface area (Å²) >= 11 is 0. The van der Waals surface area contributed by atoms with Crippen molar-refractivity contribution in [2.24, 2.45) is 0 Å². The van der Waals surface area contributed by atoms with Crippen LogP contribution in [0.2, 0.25) is 0 Å². The number of fused-ring (bicyclic) bond motifs is 1. The fourth-order valence-electron chi connectivity index (χ4n) is 2.93. The SMILES string of the molecule is CCCCOCCN1CCC(=O)N2CCCCC2C1=O. The van der Waals surface area contributed by atoms with Gasteiger partial charge in [-0.3, -0.25) is 9.59 Å². The number of rotatable bonds is 6. The Morgan fingerprint density at radius 3 is 2.85 bits per heavy atom. The second-order valence-corrected chi connectivity index (χ2v) is 5.64. The Kier molecular flexibility index (Phi) is 5.83. The second-order valence-electron chi connectivity index (χ2n) is 5.64. The van der Waals surface area contributed by atoms with Crippen LogP contribution in [0, 0.1) is 0 Å². The van der Waals surface area contributed by atoms with Gasteiger partial charge in [-0.2, -0.15) is 0 Å². The minimum Gasteiger partial charge on any atom is -0.380 e. The normalized spacial score (nSPS) is 23.8. The number of unbranched alkanes of at least 4 members (excludes halogenated alkanes) is 1. The molecule has 5 nitrogen and oxygen atoms in total. The van der Waals surface area contributed by atoms with Gasteiger partial charge in [-0.05, 0) is 25.7 Å². The predicted octanol–water partition coefficient (Wildman–Crippen LogP) is 1.42. The Morgan fingerprint density at radius 2 is 2.05 bits per heavy atom. The van der Waals surface area contributed by atoms with Gasteiger partial charge in [0.05, 0.1) is 6.61 Å². The monoisotopic (exact) mass is 282 g/mol. The standard InChI is InChI=1S/C15H26N2O3/c1-2-3-11-20-12-10-16-9-7-14(18)17-8-5-4-6-13(17)15(16)19/h13H,2-12H2,1H3. The van der Waals surface area contributed by atoms with Gasteiger partial charge in [0.2, 0.25) is 11.8 Å². The molecular formula is C15H26N2O3. The molecule has 0 radical (unpaired) electrons. The van der Waals surface area contributed by atoms with E-state index in [1.807, 2.05) is 4.90 Å². The average molecular weight is 282 g/mol. The first-order valence-electron chi connectivity index (χ1n) is 7.90. The molecular weight excluding hydrogens is 256 g/mol. The highest BCUT2D eigenvalue weighted by Crippen LogP contribution is 2.22. The third-order valence-electron chi connectivity index (χ3n) is 4.16. The van der Waals surface area contributed by atoms with Crippen LogP contribution in [-0.2, 0) is 14.3 Å². The van der Waals surface area contributed by atoms with E-state index < -0.39 is 0 Å². The van der Waals surface area contributed by atoms with E-state index in [-0.39, 0.29) is 17.9 Å². The Hall–Kier alpha value is -1.10. The molecule has 2 saturated heterocycles. The first-order valence-corrected chi connectivity index (χ1v) is 7.90. The molecule has 0 aromatic rings. The zero-order valence-electron chi connectivity index (χ0n) is 12.5. The van der Waals surface area contributed by atoms with Crippen molar-refractivity contribution in [1.82, 2.24) is 9.80 Å². The van der Waals surface area contributed by atoms with Gasteiger partial charge in [-0.25, -0.2) is 0 Å². The summed E-state index contributed by atoms with van der Waals surface area (Å²) in [6.45, 7) is 5.36. The Balaban J connectivity index is 1.86. The molecule has 5 heteroatoms. The maximum Gasteiger partial charge on any atom is 0.245 e. The molecule has 2 aliphatic rings. The summed E-state index contributed by atoms with van der Waals surface area (Å²) in [5, 5.41) is 0. The summed E-state index contributed by atoms with van der Waals surface area (Å²) in [6.07, 6.45) is 5.52. The molecule has 0 bridgehead atoms. The van der Waals surface area contributed by atoms with Crippen LogP contribution in [0.5, 0.6) is 0 Å². The number of amides is 2. The number of ether oxygens (including phenoxy) is 1. The zero-order chi connectivity index (χ0) is 14.4. The first-order chi connectivity index (χ1) is 9.74. The lowest BCUT2D eigenvalue weighted by Gasteiger charge is -2.34. The lowest BCUT2D eigenvalue weighted by Crippen LogP contribution is -2.50. The quantitative estimate of drug-likeness (QED) is 0.692. The van der Waals surface area contributed by atoms with Crippen molar-refractivity contribution in [2.45, 2.75) is 51.5 Å². The lowest BCUT2D eigenvalue weighted by atomic mass is 10.0. The van der Waals surface area contributed by atoms with Crippen LogP contribution < -0.4 is 0 Å². The second kappa shape index (κ2) is 7.62. The van der Waals surface area contributed by atoms with Crippen LogP contribution in [0.15, 0.2) is 0 Å². The first kappa shape index (κ1) is 15.3. The molecule has 0 aromatic heterocycles. The maximum atomic E-state index is 12.5. The van der Waals surface area contributed by atoms with Crippen LogP contribution in [0.3, 0.4) is 0 Å². The van der Waals surface area contributed by atoms with Crippen LogP contribution in [0.1, 0.15) is 45.4 Å². The number of piperidine rings is 1. The van der Waals surface area contributed by atoms with Crippen LogP contribution in [0.4, 0.5) is 0 Å². The molecule has 0 aliphatic carbocycles. The molecule has 0 saturated carbocycles. The highest BCUT2D eigenvalue weighted by Gasteiger charge is 2.37. The molecule has 2 fully saturated rings. The lowest BCUT2D eigenvalue weighted by molar-refractivity contribution is -0.143. The van der Waals surface area contributed by atoms with Crippen molar-refractivity contribution < 1.29 is 14.3 Å². The summed E-state index contributed by atoms with van der Waals surface area (Å²) in [5.74, 6) is 0.257. The minimum atomic E-state index is -0.214. The van der Waals surface area contributed by atoms with Crippen molar-refractivity contribution in [2.75, 3.05) is 32.8 Å². The van der Waals surface area contributed by atoms with Gasteiger partial charge in [0.1, 0.15) is 6.04 Å². The Morgan fingerprint density at radius 1 is 1.20 bits per heavy atom. The van der Waals surface area contributed by atoms with Crippen molar-refractivity contribution in [3.8, 4) is 0 Å². The van der Waals surface area contributed by atoms with Gasteiger partial charge in [0.25, 0.3) is 0 Å². The minimum absolute atomic E-state index is 0.120. The van der Waals surface area contributed by atoms with E-state index in [1.54, 1.807) is 4.90 Å². The average Bonchev–Trinajstić information content (AvgIpc) is 2.59. The Labute approximate surface area is 121 Å². The summed E-state index contributed by atoms with van der Waals surface area (Å²) in [5.41, 5.74) is 0. The summed E-state index contributed by atoms with van der Waals surface area (Å²) in [4.78, 5) is 28.2. The highest BCUT2D eigenvalue weighted by molar-refractivity contribution is 5.90. The smallest absolute Gasteiger partial charge is 0.245 e. The maximum absolute atomic E-state index is 12.5. The van der Waals surface area contributed by atoms with Gasteiger partial charge < -0.3 is 14.5 Å². The van der Waals surface area contributed by atoms with E-state index >= 15 is 0 Å². The van der Waals surface area contributed by atoms with E-state index in [0.717, 1.165) is 45.3 Å². The van der Waals surface area contributed by atoms with Gasteiger partial charge in [0, 0.05) is 32.7 Å². The molecule has 1 unspecified atom stereocenters. The van der Waals surface area contributed by atoms with Crippen molar-refractivity contribution in [3.63, 3.8) is 0 Å². The van der Waals surface area contributed by atoms with Crippen LogP contribution in [0.25, 0.3) is 0 Å². The van der Waals surface area contributed by atoms with Crippen LogP contribution >= 0.6 is 0 Å². The Bertz CT molecular complexity index is 346. The number of carbonyl (C=O) groups excluding carboxylic acids is 2. The molecule has 2 rings (SSSR count). The van der Waals surface area contributed by atoms with E-state index in [2.05, 4.69) is 6.92 Å². The molecule has 2 heterocycles. The number of carbonyl (C=O) groups is 2. The topological polar surface area (TPSA) is 49.9 Å². The highest BCUT2D eigenvalue weighted by atomic mass is 16.5.